The van der Waals surface area contributed by atoms with E-state index in [9.17, 15) is 4.79 Å². The summed E-state index contributed by atoms with van der Waals surface area (Å²) in [4.78, 5) is 11.5. The first-order chi connectivity index (χ1) is 8.19. The molecule has 0 aliphatic carbocycles. The summed E-state index contributed by atoms with van der Waals surface area (Å²) in [6.07, 6.45) is 5.04. The molecule has 8 heteroatoms. The third-order valence-electron chi connectivity index (χ3n) is 1.83. The Bertz CT molecular complexity index is 414. The molecule has 1 unspecified atom stereocenters. The summed E-state index contributed by atoms with van der Waals surface area (Å²) >= 11 is 1.21. The quantitative estimate of drug-likeness (QED) is 0.495. The van der Waals surface area contributed by atoms with Gasteiger partial charge in [0.25, 0.3) is 0 Å². The van der Waals surface area contributed by atoms with Gasteiger partial charge in [0.15, 0.2) is 0 Å². The largest absolute Gasteiger partial charge is 0.394 e. The number of nitrogens with one attached hydrogen (secondary N) is 1. The number of carbonyl (C=O) groups excluding carboxylic acids is 1. The Morgan fingerprint density at radius 2 is 2.53 bits per heavy atom. The van der Waals surface area contributed by atoms with Crippen molar-refractivity contribution in [1.29, 1.82) is 0 Å². The van der Waals surface area contributed by atoms with Crippen LogP contribution in [0.1, 0.15) is 6.92 Å². The number of thioether (sulfide) groups is 1. The highest BCUT2D eigenvalue weighted by atomic mass is 32.2. The highest BCUT2D eigenvalue weighted by Crippen LogP contribution is 2.19. The molecule has 17 heavy (non-hydrogen) atoms. The molecule has 2 N–H and O–H groups in total. The van der Waals surface area contributed by atoms with E-state index in [-0.39, 0.29) is 24.3 Å². The summed E-state index contributed by atoms with van der Waals surface area (Å²) in [6.45, 7) is 2.17. The smallest absolute Gasteiger partial charge is 0.234 e. The van der Waals surface area contributed by atoms with E-state index in [2.05, 4.69) is 26.8 Å². The van der Waals surface area contributed by atoms with Crippen LogP contribution in [-0.4, -0.2) is 49.6 Å². The molecule has 1 atom stereocenters. The fourth-order valence-electron chi connectivity index (χ4n) is 1.01. The van der Waals surface area contributed by atoms with Gasteiger partial charge in [0.05, 0.1) is 24.9 Å². The van der Waals surface area contributed by atoms with Crippen molar-refractivity contribution >= 4 is 17.7 Å². The van der Waals surface area contributed by atoms with Gasteiger partial charge in [-0.25, -0.2) is 4.68 Å². The Morgan fingerprint density at radius 3 is 3.18 bits per heavy atom. The van der Waals surface area contributed by atoms with Crippen LogP contribution in [-0.2, 0) is 11.3 Å². The predicted octanol–water partition coefficient (Wildman–Crippen LogP) is -1.10. The standard InChI is InChI=1S/C9H13N5O2S/c1-3-4-10-8(16)7(2)17-9-11-12-13-14(9)5-6-15/h1,7,15H,4-6H2,2H3,(H,10,16). The maximum absolute atomic E-state index is 11.5. The molecule has 0 spiro atoms. The molecule has 1 amide bonds. The molecule has 0 saturated heterocycles. The monoisotopic (exact) mass is 255 g/mol. The molecular formula is C9H13N5O2S. The van der Waals surface area contributed by atoms with Crippen molar-refractivity contribution < 1.29 is 9.90 Å². The molecular weight excluding hydrogens is 242 g/mol. The Balaban J connectivity index is 2.55. The van der Waals surface area contributed by atoms with Gasteiger partial charge in [0.2, 0.25) is 11.1 Å². The summed E-state index contributed by atoms with van der Waals surface area (Å²) in [7, 11) is 0. The van der Waals surface area contributed by atoms with Crippen LogP contribution in [0.2, 0.25) is 0 Å². The zero-order valence-corrected chi connectivity index (χ0v) is 10.1. The van der Waals surface area contributed by atoms with E-state index in [0.29, 0.717) is 11.7 Å². The number of tetrazole rings is 1. The molecule has 0 aromatic carbocycles. The van der Waals surface area contributed by atoms with Gasteiger partial charge in [0, 0.05) is 0 Å². The van der Waals surface area contributed by atoms with Crippen LogP contribution in [0.15, 0.2) is 5.16 Å². The van der Waals surface area contributed by atoms with Gasteiger partial charge < -0.3 is 10.4 Å². The molecule has 0 bridgehead atoms. The van der Waals surface area contributed by atoms with E-state index in [1.165, 1.54) is 16.4 Å². The zero-order chi connectivity index (χ0) is 12.7. The average molecular weight is 255 g/mol. The van der Waals surface area contributed by atoms with Crippen LogP contribution < -0.4 is 5.32 Å². The molecule has 0 saturated carbocycles. The van der Waals surface area contributed by atoms with Crippen LogP contribution in [0, 0.1) is 12.3 Å². The summed E-state index contributed by atoms with van der Waals surface area (Å²) in [5.41, 5.74) is 0. The Kier molecular flexibility index (Phi) is 5.45. The van der Waals surface area contributed by atoms with Crippen LogP contribution >= 0.6 is 11.8 Å². The van der Waals surface area contributed by atoms with Crippen molar-refractivity contribution in [3.63, 3.8) is 0 Å². The van der Waals surface area contributed by atoms with Gasteiger partial charge in [-0.1, -0.05) is 17.7 Å². The zero-order valence-electron chi connectivity index (χ0n) is 9.33. The highest BCUT2D eigenvalue weighted by Gasteiger charge is 2.17. The lowest BCUT2D eigenvalue weighted by molar-refractivity contribution is -0.120. The van der Waals surface area contributed by atoms with Crippen LogP contribution in [0.3, 0.4) is 0 Å². The van der Waals surface area contributed by atoms with Gasteiger partial charge >= 0.3 is 0 Å². The molecule has 92 valence electrons. The average Bonchev–Trinajstić information content (AvgIpc) is 2.74. The van der Waals surface area contributed by atoms with E-state index in [1.54, 1.807) is 6.92 Å². The molecule has 1 rings (SSSR count). The van der Waals surface area contributed by atoms with E-state index < -0.39 is 0 Å². The topological polar surface area (TPSA) is 92.9 Å². The number of nitrogens with zero attached hydrogens (tertiary/aromatic N) is 4. The maximum Gasteiger partial charge on any atom is 0.234 e. The van der Waals surface area contributed by atoms with Crippen molar-refractivity contribution in [2.45, 2.75) is 23.9 Å². The molecule has 0 aliphatic rings. The lowest BCUT2D eigenvalue weighted by atomic mass is 10.4. The molecule has 1 heterocycles. The van der Waals surface area contributed by atoms with Crippen LogP contribution in [0.4, 0.5) is 0 Å². The molecule has 1 aromatic rings. The fourth-order valence-corrected chi connectivity index (χ4v) is 1.85. The van der Waals surface area contributed by atoms with E-state index >= 15 is 0 Å². The second kappa shape index (κ2) is 6.88. The number of carbonyl (C=O) groups is 1. The van der Waals surface area contributed by atoms with Crippen LogP contribution in [0.5, 0.6) is 0 Å². The van der Waals surface area contributed by atoms with Crippen molar-refractivity contribution in [3.8, 4) is 12.3 Å². The number of amides is 1. The van der Waals surface area contributed by atoms with Gasteiger partial charge in [-0.2, -0.15) is 0 Å². The number of rotatable bonds is 6. The van der Waals surface area contributed by atoms with E-state index in [0.717, 1.165) is 0 Å². The number of aromatic nitrogens is 4. The summed E-state index contributed by atoms with van der Waals surface area (Å²) in [6, 6.07) is 0. The minimum Gasteiger partial charge on any atom is -0.394 e. The molecule has 7 nitrogen and oxygen atoms in total. The summed E-state index contributed by atoms with van der Waals surface area (Å²) in [5, 5.41) is 22.4. The Hall–Kier alpha value is -1.59. The fraction of sp³-hybridized carbons (Fsp3) is 0.556. The number of hydrogen-bond acceptors (Lipinski definition) is 6. The van der Waals surface area contributed by atoms with Crippen molar-refractivity contribution in [1.82, 2.24) is 25.5 Å². The summed E-state index contributed by atoms with van der Waals surface area (Å²) in [5.74, 6) is 2.15. The first-order valence-corrected chi connectivity index (χ1v) is 5.82. The Morgan fingerprint density at radius 1 is 1.76 bits per heavy atom. The van der Waals surface area contributed by atoms with Crippen LogP contribution in [0.25, 0.3) is 0 Å². The molecule has 0 radical (unpaired) electrons. The summed E-state index contributed by atoms with van der Waals surface area (Å²) < 4.78 is 1.44. The number of aliphatic hydroxyl groups is 1. The Labute approximate surface area is 103 Å². The number of terminal acetylenes is 1. The normalized spacial score (nSPS) is 11.8. The van der Waals surface area contributed by atoms with Crippen molar-refractivity contribution in [3.05, 3.63) is 0 Å². The van der Waals surface area contributed by atoms with Crippen molar-refractivity contribution in [2.75, 3.05) is 13.2 Å². The predicted molar refractivity (Wildman–Crippen MR) is 62.1 cm³/mol. The van der Waals surface area contributed by atoms with Gasteiger partial charge in [-0.3, -0.25) is 4.79 Å². The van der Waals surface area contributed by atoms with Crippen molar-refractivity contribution in [2.24, 2.45) is 0 Å². The molecule has 0 aliphatic heterocycles. The van der Waals surface area contributed by atoms with Gasteiger partial charge in [-0.05, 0) is 17.4 Å². The number of hydrogen-bond donors (Lipinski definition) is 2. The van der Waals surface area contributed by atoms with Gasteiger partial charge in [0.1, 0.15) is 0 Å². The number of aliphatic hydroxyl groups excluding tert-OH is 1. The molecule has 1 aromatic heterocycles. The minimum absolute atomic E-state index is 0.0593. The molecule has 0 fully saturated rings. The van der Waals surface area contributed by atoms with Gasteiger partial charge in [-0.15, -0.1) is 11.5 Å². The van der Waals surface area contributed by atoms with E-state index in [4.69, 9.17) is 11.5 Å². The second-order valence-corrected chi connectivity index (χ2v) is 4.40. The minimum atomic E-state index is -0.355. The van der Waals surface area contributed by atoms with E-state index in [1.807, 2.05) is 0 Å². The highest BCUT2D eigenvalue weighted by molar-refractivity contribution is 8.00. The first kappa shape index (κ1) is 13.5. The third kappa shape index (κ3) is 4.05. The third-order valence-corrected chi connectivity index (χ3v) is 2.90. The lowest BCUT2D eigenvalue weighted by Gasteiger charge is -2.09. The second-order valence-electron chi connectivity index (χ2n) is 3.09. The first-order valence-electron chi connectivity index (χ1n) is 4.94. The maximum atomic E-state index is 11.5. The SMILES string of the molecule is C#CCNC(=O)C(C)Sc1nnnn1CCO. The lowest BCUT2D eigenvalue weighted by Crippen LogP contribution is -2.31.